The molecule has 0 atom stereocenters. The Balaban J connectivity index is 2.96. The summed E-state index contributed by atoms with van der Waals surface area (Å²) in [4.78, 5) is 0. The summed E-state index contributed by atoms with van der Waals surface area (Å²) in [5, 5.41) is -0.290. The normalized spacial score (nSPS) is 11.8. The number of rotatable bonds is 1. The van der Waals surface area contributed by atoms with Crippen molar-refractivity contribution in [2.75, 3.05) is 0 Å². The largest absolute Gasteiger partial charge is 0.393 e. The summed E-state index contributed by atoms with van der Waals surface area (Å²) in [5.74, 6) is -0.999. The van der Waals surface area contributed by atoms with Gasteiger partial charge in [-0.05, 0) is 11.6 Å². The maximum atomic E-state index is 12.9. The SMILES string of the molecule is Fc1c(Cl)cccc1CC(F)(F)F. The van der Waals surface area contributed by atoms with Gasteiger partial charge in [0.2, 0.25) is 0 Å². The van der Waals surface area contributed by atoms with Crippen molar-refractivity contribution in [1.29, 1.82) is 0 Å². The van der Waals surface area contributed by atoms with Crippen molar-refractivity contribution >= 4 is 11.6 Å². The summed E-state index contributed by atoms with van der Waals surface area (Å²) in [5.41, 5.74) is -0.431. The van der Waals surface area contributed by atoms with Crippen LogP contribution in [0.5, 0.6) is 0 Å². The minimum atomic E-state index is -4.41. The second-order valence-corrected chi connectivity index (χ2v) is 2.91. The maximum absolute atomic E-state index is 12.9. The van der Waals surface area contributed by atoms with Gasteiger partial charge >= 0.3 is 6.18 Å². The van der Waals surface area contributed by atoms with Crippen molar-refractivity contribution < 1.29 is 17.6 Å². The van der Waals surface area contributed by atoms with Gasteiger partial charge in [-0.1, -0.05) is 23.7 Å². The van der Waals surface area contributed by atoms with Gasteiger partial charge < -0.3 is 0 Å². The van der Waals surface area contributed by atoms with E-state index in [1.807, 2.05) is 0 Å². The van der Waals surface area contributed by atoms with Crippen LogP contribution in [0.2, 0.25) is 5.02 Å². The molecular weight excluding hydrogens is 208 g/mol. The van der Waals surface area contributed by atoms with Gasteiger partial charge in [-0.25, -0.2) is 4.39 Å². The van der Waals surface area contributed by atoms with Crippen LogP contribution in [0.4, 0.5) is 17.6 Å². The Hall–Kier alpha value is -0.770. The molecule has 0 spiro atoms. The Morgan fingerprint density at radius 3 is 2.38 bits per heavy atom. The molecule has 72 valence electrons. The Labute approximate surface area is 77.1 Å². The summed E-state index contributed by atoms with van der Waals surface area (Å²) in [6.07, 6.45) is -5.70. The smallest absolute Gasteiger partial charge is 0.205 e. The zero-order valence-corrected chi connectivity index (χ0v) is 7.08. The van der Waals surface area contributed by atoms with Gasteiger partial charge in [0.05, 0.1) is 11.4 Å². The zero-order valence-electron chi connectivity index (χ0n) is 6.33. The molecule has 0 amide bonds. The molecule has 0 fully saturated rings. The van der Waals surface area contributed by atoms with Gasteiger partial charge in [0, 0.05) is 0 Å². The quantitative estimate of drug-likeness (QED) is 0.624. The summed E-state index contributed by atoms with van der Waals surface area (Å²) in [7, 11) is 0. The number of hydrogen-bond donors (Lipinski definition) is 0. The predicted octanol–water partition coefficient (Wildman–Crippen LogP) is 3.58. The van der Waals surface area contributed by atoms with Gasteiger partial charge in [-0.3, -0.25) is 0 Å². The molecule has 0 aromatic heterocycles. The lowest BCUT2D eigenvalue weighted by atomic mass is 10.1. The molecule has 0 nitrogen and oxygen atoms in total. The van der Waals surface area contributed by atoms with Crippen LogP contribution in [0.25, 0.3) is 0 Å². The van der Waals surface area contributed by atoms with E-state index in [1.54, 1.807) is 0 Å². The standard InChI is InChI=1S/C8H5ClF4/c9-6-3-1-2-5(7(6)10)4-8(11,12)13/h1-3H,4H2. The van der Waals surface area contributed by atoms with Gasteiger partial charge in [-0.15, -0.1) is 0 Å². The molecule has 0 aliphatic rings. The van der Waals surface area contributed by atoms with Crippen molar-refractivity contribution in [3.8, 4) is 0 Å². The average molecular weight is 213 g/mol. The molecule has 0 N–H and O–H groups in total. The van der Waals surface area contributed by atoms with Crippen molar-refractivity contribution in [2.24, 2.45) is 0 Å². The molecule has 0 aliphatic carbocycles. The molecule has 1 aromatic rings. The number of halogens is 5. The zero-order chi connectivity index (χ0) is 10.1. The predicted molar refractivity (Wildman–Crippen MR) is 41.2 cm³/mol. The van der Waals surface area contributed by atoms with Crippen molar-refractivity contribution in [3.05, 3.63) is 34.6 Å². The molecule has 0 heterocycles. The maximum Gasteiger partial charge on any atom is 0.393 e. The van der Waals surface area contributed by atoms with E-state index in [0.717, 1.165) is 6.07 Å². The van der Waals surface area contributed by atoms with E-state index in [1.165, 1.54) is 12.1 Å². The minimum Gasteiger partial charge on any atom is -0.205 e. The van der Waals surface area contributed by atoms with E-state index in [9.17, 15) is 17.6 Å². The Kier molecular flexibility index (Phi) is 2.81. The van der Waals surface area contributed by atoms with Crippen LogP contribution in [-0.4, -0.2) is 6.18 Å². The first kappa shape index (κ1) is 10.3. The summed E-state index contributed by atoms with van der Waals surface area (Å²) >= 11 is 5.30. The third kappa shape index (κ3) is 2.88. The molecule has 0 saturated heterocycles. The second kappa shape index (κ2) is 3.54. The molecule has 0 saturated carbocycles. The van der Waals surface area contributed by atoms with Crippen molar-refractivity contribution in [1.82, 2.24) is 0 Å². The van der Waals surface area contributed by atoms with Crippen LogP contribution in [0, 0.1) is 5.82 Å². The van der Waals surface area contributed by atoms with Crippen LogP contribution in [0.15, 0.2) is 18.2 Å². The highest BCUT2D eigenvalue weighted by molar-refractivity contribution is 6.30. The average Bonchev–Trinajstić information content (AvgIpc) is 1.96. The molecule has 1 rings (SSSR count). The molecule has 0 unspecified atom stereocenters. The van der Waals surface area contributed by atoms with Gasteiger partial charge in [0.15, 0.2) is 0 Å². The van der Waals surface area contributed by atoms with Crippen molar-refractivity contribution in [3.63, 3.8) is 0 Å². The Morgan fingerprint density at radius 1 is 1.23 bits per heavy atom. The third-order valence-electron chi connectivity index (χ3n) is 1.42. The van der Waals surface area contributed by atoms with Crippen molar-refractivity contribution in [2.45, 2.75) is 12.6 Å². The first-order valence-electron chi connectivity index (χ1n) is 3.40. The fraction of sp³-hybridized carbons (Fsp3) is 0.250. The van der Waals surface area contributed by atoms with Crippen LogP contribution in [0.3, 0.4) is 0 Å². The topological polar surface area (TPSA) is 0 Å². The highest BCUT2D eigenvalue weighted by Gasteiger charge is 2.29. The van der Waals surface area contributed by atoms with Gasteiger partial charge in [-0.2, -0.15) is 13.2 Å². The summed E-state index contributed by atoms with van der Waals surface area (Å²) in [6, 6.07) is 3.55. The highest BCUT2D eigenvalue weighted by atomic mass is 35.5. The number of hydrogen-bond acceptors (Lipinski definition) is 0. The third-order valence-corrected chi connectivity index (χ3v) is 1.71. The molecule has 5 heteroatoms. The monoisotopic (exact) mass is 212 g/mol. The molecule has 0 aliphatic heterocycles. The highest BCUT2D eigenvalue weighted by Crippen LogP contribution is 2.25. The minimum absolute atomic E-state index is 0.290. The first-order valence-corrected chi connectivity index (χ1v) is 3.77. The van der Waals surface area contributed by atoms with E-state index in [0.29, 0.717) is 0 Å². The van der Waals surface area contributed by atoms with E-state index in [4.69, 9.17) is 11.6 Å². The molecule has 1 aromatic carbocycles. The first-order chi connectivity index (χ1) is 5.90. The lowest BCUT2D eigenvalue weighted by Gasteiger charge is -2.07. The number of alkyl halides is 3. The molecule has 13 heavy (non-hydrogen) atoms. The van der Waals surface area contributed by atoms with E-state index >= 15 is 0 Å². The second-order valence-electron chi connectivity index (χ2n) is 2.50. The van der Waals surface area contributed by atoms with Crippen LogP contribution >= 0.6 is 11.6 Å². The lowest BCUT2D eigenvalue weighted by Crippen LogP contribution is -2.12. The van der Waals surface area contributed by atoms with Crippen LogP contribution in [0.1, 0.15) is 5.56 Å². The molecule has 0 bridgehead atoms. The van der Waals surface area contributed by atoms with Gasteiger partial charge in [0.25, 0.3) is 0 Å². The summed E-state index contributed by atoms with van der Waals surface area (Å²) < 4.78 is 48.4. The van der Waals surface area contributed by atoms with E-state index in [2.05, 4.69) is 0 Å². The Morgan fingerprint density at radius 2 is 1.85 bits per heavy atom. The Bertz CT molecular complexity index is 306. The van der Waals surface area contributed by atoms with Crippen LogP contribution < -0.4 is 0 Å². The van der Waals surface area contributed by atoms with E-state index < -0.39 is 24.0 Å². The van der Waals surface area contributed by atoms with Crippen LogP contribution in [-0.2, 0) is 6.42 Å². The molecular formula is C8H5ClF4. The fourth-order valence-electron chi connectivity index (χ4n) is 0.901. The lowest BCUT2D eigenvalue weighted by molar-refractivity contribution is -0.127. The fourth-order valence-corrected chi connectivity index (χ4v) is 1.10. The summed E-state index contributed by atoms with van der Waals surface area (Å²) in [6.45, 7) is 0. The van der Waals surface area contributed by atoms with Gasteiger partial charge in [0.1, 0.15) is 5.82 Å². The number of benzene rings is 1. The van der Waals surface area contributed by atoms with E-state index in [-0.39, 0.29) is 5.02 Å². The molecule has 0 radical (unpaired) electrons.